The Hall–Kier alpha value is -1.05. The second kappa shape index (κ2) is 8.98. The van der Waals surface area contributed by atoms with E-state index in [1.54, 1.807) is 6.08 Å². The minimum atomic E-state index is -1.18. The predicted octanol–water partition coefficient (Wildman–Crippen LogP) is 4.34. The smallest absolute Gasteiger partial charge is 0.159 e. The molecule has 6 heteroatoms. The molecule has 0 amide bonds. The quantitative estimate of drug-likeness (QED) is 0.304. The molecule has 0 aromatic carbocycles. The zero-order valence-corrected chi connectivity index (χ0v) is 24.8. The second-order valence-corrected chi connectivity index (χ2v) is 15.6. The van der Waals surface area contributed by atoms with Crippen molar-refractivity contribution in [1.29, 1.82) is 0 Å². The molecule has 5 fully saturated rings. The van der Waals surface area contributed by atoms with Crippen molar-refractivity contribution in [2.45, 2.75) is 128 Å². The van der Waals surface area contributed by atoms with Gasteiger partial charge in [0.2, 0.25) is 0 Å². The lowest BCUT2D eigenvalue weighted by atomic mass is 9.40. The summed E-state index contributed by atoms with van der Waals surface area (Å²) < 4.78 is 6.36. The van der Waals surface area contributed by atoms with E-state index in [1.165, 1.54) is 0 Å². The average molecular weight is 555 g/mol. The number of fused-ring (bicyclic) bond motifs is 4. The van der Waals surface area contributed by atoms with Crippen LogP contribution in [0.25, 0.3) is 0 Å². The van der Waals surface area contributed by atoms with Crippen LogP contribution in [0, 0.1) is 52.3 Å². The van der Waals surface area contributed by atoms with Gasteiger partial charge in [-0.2, -0.15) is 0 Å². The van der Waals surface area contributed by atoms with Crippen LogP contribution in [0.1, 0.15) is 91.9 Å². The molecular formula is C34H50O6. The molecule has 1 saturated heterocycles. The maximum Gasteiger partial charge on any atom is 0.159 e. The fraction of sp³-hybridized carbons (Fsp3) is 0.853. The maximum atomic E-state index is 13.8. The number of allylic oxidation sites excluding steroid dienone is 2. The molecule has 222 valence electrons. The number of hydrogen-bond donors (Lipinski definition) is 4. The Morgan fingerprint density at radius 2 is 1.73 bits per heavy atom. The molecule has 0 aromatic heterocycles. The molecule has 4 N–H and O–H groups in total. The normalized spacial score (nSPS) is 54.4. The summed E-state index contributed by atoms with van der Waals surface area (Å²) in [6, 6.07) is 0. The van der Waals surface area contributed by atoms with Crippen LogP contribution < -0.4 is 0 Å². The van der Waals surface area contributed by atoms with E-state index in [1.807, 2.05) is 0 Å². The molecule has 1 heterocycles. The molecule has 6 aliphatic carbocycles. The first-order valence-corrected chi connectivity index (χ1v) is 16.3. The summed E-state index contributed by atoms with van der Waals surface area (Å²) in [6.07, 6.45) is 12.0. The highest BCUT2D eigenvalue weighted by Gasteiger charge is 2.77. The van der Waals surface area contributed by atoms with Crippen LogP contribution >= 0.6 is 0 Å². The number of carbonyl (C=O) groups excluding carboxylic acids is 1. The lowest BCUT2D eigenvalue weighted by molar-refractivity contribution is -0.199. The van der Waals surface area contributed by atoms with Gasteiger partial charge in [-0.05, 0) is 98.0 Å². The summed E-state index contributed by atoms with van der Waals surface area (Å²) in [7, 11) is 0. The Morgan fingerprint density at radius 3 is 2.42 bits per heavy atom. The standard InChI is InChI=1S/C34H50O6/c1-18(2)19(3)29-30(40-29)32(38)12-7-10-21-14-22-23(15-25(35)24-16-26(36)27(37)17-31(22,24)4)33(39)13-11-28(32)34(21,33)20-8-5-6-9-20/h7,10,15,18-22,24,26-30,36-39H,5-6,8-9,11-14,16-17H2,1-4H3/t19-,21-,22+,24+,26-,27+,28-,29+,30-,31-,32-,33-,34-/m1/s1. The number of aliphatic hydroxyl groups excluding tert-OH is 2. The Morgan fingerprint density at radius 1 is 1.00 bits per heavy atom. The summed E-state index contributed by atoms with van der Waals surface area (Å²) in [6.45, 7) is 8.77. The van der Waals surface area contributed by atoms with Gasteiger partial charge in [0.05, 0.1) is 23.9 Å². The first-order chi connectivity index (χ1) is 18.9. The first-order valence-electron chi connectivity index (χ1n) is 16.3. The van der Waals surface area contributed by atoms with Crippen molar-refractivity contribution < 1.29 is 30.0 Å². The third kappa shape index (κ3) is 3.38. The van der Waals surface area contributed by atoms with Gasteiger partial charge in [0.1, 0.15) is 11.7 Å². The summed E-state index contributed by atoms with van der Waals surface area (Å²) in [5.74, 6) is 0.676. The van der Waals surface area contributed by atoms with Crippen LogP contribution in [0.4, 0.5) is 0 Å². The third-order valence-corrected chi connectivity index (χ3v) is 13.9. The predicted molar refractivity (Wildman–Crippen MR) is 151 cm³/mol. The zero-order valence-electron chi connectivity index (χ0n) is 24.8. The molecule has 0 spiro atoms. The topological polar surface area (TPSA) is 111 Å². The van der Waals surface area contributed by atoms with E-state index in [4.69, 9.17) is 4.74 Å². The first kappa shape index (κ1) is 27.8. The SMILES string of the molecule is CC(C)[C@@H](C)[C@@H]1O[C@H]1[C@@]1(O)CC=C[C@@H]2C[C@H]3C(=CC(=O)[C@@H]4C[C@@H](O)[C@@H](O)C[C@@]43C)[C@]3(O)CC[C@H]1[C@@]23C1CCCC1. The third-order valence-electron chi connectivity index (χ3n) is 13.9. The van der Waals surface area contributed by atoms with Gasteiger partial charge in [-0.3, -0.25) is 4.79 Å². The van der Waals surface area contributed by atoms with Crippen LogP contribution in [0.15, 0.2) is 23.8 Å². The minimum absolute atomic E-state index is 0.00706. The highest BCUT2D eigenvalue weighted by Crippen LogP contribution is 2.75. The van der Waals surface area contributed by atoms with E-state index in [0.29, 0.717) is 31.1 Å². The van der Waals surface area contributed by atoms with E-state index >= 15 is 0 Å². The number of rotatable bonds is 4. The Bertz CT molecular complexity index is 1120. The highest BCUT2D eigenvalue weighted by atomic mass is 16.6. The van der Waals surface area contributed by atoms with Gasteiger partial charge >= 0.3 is 0 Å². The molecule has 4 saturated carbocycles. The van der Waals surface area contributed by atoms with Gasteiger partial charge in [0, 0.05) is 17.3 Å². The van der Waals surface area contributed by atoms with Crippen LogP contribution in [0.5, 0.6) is 0 Å². The maximum absolute atomic E-state index is 13.8. The van der Waals surface area contributed by atoms with E-state index < -0.39 is 34.2 Å². The largest absolute Gasteiger partial charge is 0.390 e. The molecule has 0 radical (unpaired) electrons. The van der Waals surface area contributed by atoms with Crippen LogP contribution in [-0.4, -0.2) is 61.8 Å². The van der Waals surface area contributed by atoms with Gasteiger partial charge in [-0.15, -0.1) is 0 Å². The van der Waals surface area contributed by atoms with Gasteiger partial charge in [0.15, 0.2) is 5.78 Å². The Labute approximate surface area is 239 Å². The fourth-order valence-corrected chi connectivity index (χ4v) is 11.7. The minimum Gasteiger partial charge on any atom is -0.390 e. The van der Waals surface area contributed by atoms with Crippen molar-refractivity contribution in [3.8, 4) is 0 Å². The van der Waals surface area contributed by atoms with E-state index in [2.05, 4.69) is 39.8 Å². The number of hydrogen-bond acceptors (Lipinski definition) is 6. The van der Waals surface area contributed by atoms with Crippen molar-refractivity contribution in [3.05, 3.63) is 23.8 Å². The fourth-order valence-electron chi connectivity index (χ4n) is 11.7. The summed E-state index contributed by atoms with van der Waals surface area (Å²) >= 11 is 0. The number of epoxide rings is 1. The van der Waals surface area contributed by atoms with Crippen molar-refractivity contribution in [2.75, 3.05) is 0 Å². The van der Waals surface area contributed by atoms with Crippen LogP contribution in [-0.2, 0) is 9.53 Å². The molecule has 40 heavy (non-hydrogen) atoms. The van der Waals surface area contributed by atoms with Crippen LogP contribution in [0.3, 0.4) is 0 Å². The van der Waals surface area contributed by atoms with Crippen molar-refractivity contribution in [3.63, 3.8) is 0 Å². The molecule has 6 nitrogen and oxygen atoms in total. The summed E-state index contributed by atoms with van der Waals surface area (Å²) in [4.78, 5) is 13.8. The Balaban J connectivity index is 1.37. The van der Waals surface area contributed by atoms with E-state index in [0.717, 1.165) is 44.1 Å². The lowest BCUT2D eigenvalue weighted by Gasteiger charge is -2.65. The summed E-state index contributed by atoms with van der Waals surface area (Å²) in [5.41, 5.74) is -2.41. The van der Waals surface area contributed by atoms with Gasteiger partial charge < -0.3 is 25.2 Å². The number of ether oxygens (including phenoxy) is 1. The molecule has 13 atom stereocenters. The summed E-state index contributed by atoms with van der Waals surface area (Å²) in [5, 5.41) is 47.3. The van der Waals surface area contributed by atoms with Crippen molar-refractivity contribution in [2.24, 2.45) is 52.3 Å². The van der Waals surface area contributed by atoms with E-state index in [-0.39, 0.29) is 54.0 Å². The molecule has 0 aromatic rings. The number of ketones is 1. The number of carbonyl (C=O) groups is 1. The van der Waals surface area contributed by atoms with Crippen LogP contribution in [0.2, 0.25) is 0 Å². The van der Waals surface area contributed by atoms with E-state index in [9.17, 15) is 25.2 Å². The molecule has 1 aliphatic heterocycles. The average Bonchev–Trinajstić information content (AvgIpc) is 3.42. The highest BCUT2D eigenvalue weighted by molar-refractivity contribution is 5.95. The van der Waals surface area contributed by atoms with Gasteiger partial charge in [-0.25, -0.2) is 0 Å². The Kier molecular flexibility index (Phi) is 6.23. The molecule has 7 aliphatic rings. The second-order valence-electron chi connectivity index (χ2n) is 15.6. The molecule has 0 unspecified atom stereocenters. The van der Waals surface area contributed by atoms with Gasteiger partial charge in [0.25, 0.3) is 0 Å². The van der Waals surface area contributed by atoms with Crippen molar-refractivity contribution in [1.82, 2.24) is 0 Å². The molecule has 0 bridgehead atoms. The lowest BCUT2D eigenvalue weighted by Crippen LogP contribution is -2.67. The zero-order chi connectivity index (χ0) is 28.4. The molecule has 7 rings (SSSR count). The number of aliphatic hydroxyl groups is 4. The molecular weight excluding hydrogens is 504 g/mol. The monoisotopic (exact) mass is 554 g/mol. The van der Waals surface area contributed by atoms with Gasteiger partial charge in [-0.1, -0.05) is 52.7 Å². The van der Waals surface area contributed by atoms with Crippen molar-refractivity contribution >= 4 is 5.78 Å².